The minimum Gasteiger partial charge on any atom is -0.478 e. The summed E-state index contributed by atoms with van der Waals surface area (Å²) in [6.07, 6.45) is 4.47. The highest BCUT2D eigenvalue weighted by Gasteiger charge is 2.28. The zero-order valence-electron chi connectivity index (χ0n) is 13.6. The third-order valence-electron chi connectivity index (χ3n) is 5.07. The van der Waals surface area contributed by atoms with Gasteiger partial charge in [0.1, 0.15) is 5.82 Å². The molecule has 1 fully saturated rings. The van der Waals surface area contributed by atoms with Crippen molar-refractivity contribution >= 4 is 28.3 Å². The molecule has 1 aliphatic rings. The van der Waals surface area contributed by atoms with Crippen LogP contribution in [0.25, 0.3) is 11.0 Å². The Balaban J connectivity index is 1.86. The maximum Gasteiger partial charge on any atom is 0.335 e. The lowest BCUT2D eigenvalue weighted by atomic mass is 10.1. The van der Waals surface area contributed by atoms with E-state index in [1.807, 2.05) is 6.07 Å². The number of thiophene rings is 1. The van der Waals surface area contributed by atoms with Crippen molar-refractivity contribution < 1.29 is 9.90 Å². The summed E-state index contributed by atoms with van der Waals surface area (Å²) in [5.74, 6) is 0.776. The zero-order valence-corrected chi connectivity index (χ0v) is 14.4. The van der Waals surface area contributed by atoms with Gasteiger partial charge in [-0.1, -0.05) is 19.4 Å². The standard InChI is InChI=1S/C19H20N2O2S/c1-12-4-2-6-16(12)21-17-8-7-13(19(22)23)10-15(17)20-18(21)11-14-5-3-9-24-14/h3,5,7-10,12,16H,2,4,6,11H2,1H3,(H,22,23). The van der Waals surface area contributed by atoms with E-state index in [4.69, 9.17) is 4.98 Å². The molecule has 2 unspecified atom stereocenters. The molecular weight excluding hydrogens is 320 g/mol. The van der Waals surface area contributed by atoms with Crippen molar-refractivity contribution in [3.8, 4) is 0 Å². The van der Waals surface area contributed by atoms with Crippen LogP contribution in [-0.4, -0.2) is 20.6 Å². The van der Waals surface area contributed by atoms with E-state index in [-0.39, 0.29) is 0 Å². The van der Waals surface area contributed by atoms with Crippen LogP contribution < -0.4 is 0 Å². The molecule has 1 aromatic carbocycles. The normalized spacial score (nSPS) is 20.7. The number of carboxylic acids is 1. The number of carbonyl (C=O) groups is 1. The van der Waals surface area contributed by atoms with Gasteiger partial charge in [0.25, 0.3) is 0 Å². The van der Waals surface area contributed by atoms with E-state index < -0.39 is 5.97 Å². The average molecular weight is 340 g/mol. The van der Waals surface area contributed by atoms with Gasteiger partial charge in [0, 0.05) is 17.3 Å². The highest BCUT2D eigenvalue weighted by molar-refractivity contribution is 7.09. The minimum atomic E-state index is -0.902. The molecule has 0 spiro atoms. The van der Waals surface area contributed by atoms with Crippen molar-refractivity contribution in [2.75, 3.05) is 0 Å². The number of nitrogens with zero attached hydrogens (tertiary/aromatic N) is 2. The van der Waals surface area contributed by atoms with E-state index in [1.165, 1.54) is 24.1 Å². The lowest BCUT2D eigenvalue weighted by molar-refractivity contribution is 0.0697. The van der Waals surface area contributed by atoms with Crippen molar-refractivity contribution in [3.05, 3.63) is 52.0 Å². The van der Waals surface area contributed by atoms with Crippen LogP contribution in [-0.2, 0) is 6.42 Å². The fourth-order valence-electron chi connectivity index (χ4n) is 3.85. The fraction of sp³-hybridized carbons (Fsp3) is 0.368. The van der Waals surface area contributed by atoms with Crippen LogP contribution in [0, 0.1) is 5.92 Å². The molecule has 5 heteroatoms. The number of rotatable bonds is 4. The van der Waals surface area contributed by atoms with Gasteiger partial charge in [-0.3, -0.25) is 0 Å². The van der Waals surface area contributed by atoms with Gasteiger partial charge in [-0.15, -0.1) is 11.3 Å². The van der Waals surface area contributed by atoms with Gasteiger partial charge in [0.2, 0.25) is 0 Å². The molecular formula is C19H20N2O2S. The van der Waals surface area contributed by atoms with E-state index in [9.17, 15) is 9.90 Å². The number of aromatic carboxylic acids is 1. The van der Waals surface area contributed by atoms with Crippen LogP contribution >= 0.6 is 11.3 Å². The topological polar surface area (TPSA) is 55.1 Å². The van der Waals surface area contributed by atoms with Crippen LogP contribution in [0.1, 0.15) is 53.3 Å². The Morgan fingerprint density at radius 1 is 1.38 bits per heavy atom. The highest BCUT2D eigenvalue weighted by atomic mass is 32.1. The summed E-state index contributed by atoms with van der Waals surface area (Å²) in [6.45, 7) is 2.31. The first-order valence-electron chi connectivity index (χ1n) is 8.40. The van der Waals surface area contributed by atoms with Crippen molar-refractivity contribution in [2.24, 2.45) is 5.92 Å². The van der Waals surface area contributed by atoms with Gasteiger partial charge in [0.15, 0.2) is 0 Å². The third kappa shape index (κ3) is 2.63. The molecule has 2 heterocycles. The van der Waals surface area contributed by atoms with E-state index in [2.05, 4.69) is 29.0 Å². The second kappa shape index (κ2) is 6.06. The predicted molar refractivity (Wildman–Crippen MR) is 95.9 cm³/mol. The number of fused-ring (bicyclic) bond motifs is 1. The Bertz CT molecular complexity index is 882. The third-order valence-corrected chi connectivity index (χ3v) is 5.95. The molecule has 0 radical (unpaired) electrons. The van der Waals surface area contributed by atoms with Crippen molar-refractivity contribution in [2.45, 2.75) is 38.6 Å². The molecule has 124 valence electrons. The predicted octanol–water partition coefficient (Wildman–Crippen LogP) is 4.75. The number of benzene rings is 1. The Labute approximate surface area is 144 Å². The first-order valence-corrected chi connectivity index (χ1v) is 9.28. The minimum absolute atomic E-state index is 0.300. The molecule has 2 atom stereocenters. The molecule has 4 rings (SSSR count). The summed E-state index contributed by atoms with van der Waals surface area (Å²) in [7, 11) is 0. The van der Waals surface area contributed by atoms with Crippen LogP contribution in [0.3, 0.4) is 0 Å². The van der Waals surface area contributed by atoms with Gasteiger partial charge in [-0.25, -0.2) is 9.78 Å². The molecule has 0 bridgehead atoms. The Hall–Kier alpha value is -2.14. The molecule has 1 saturated carbocycles. The monoisotopic (exact) mass is 340 g/mol. The molecule has 1 aliphatic carbocycles. The smallest absolute Gasteiger partial charge is 0.335 e. The summed E-state index contributed by atoms with van der Waals surface area (Å²) < 4.78 is 2.37. The maximum atomic E-state index is 11.3. The molecule has 0 saturated heterocycles. The number of aromatic nitrogens is 2. The summed E-state index contributed by atoms with van der Waals surface area (Å²) in [5, 5.41) is 11.3. The zero-order chi connectivity index (χ0) is 16.7. The lowest BCUT2D eigenvalue weighted by Crippen LogP contribution is -2.15. The average Bonchev–Trinajstić information content (AvgIpc) is 3.27. The van der Waals surface area contributed by atoms with Crippen LogP contribution in [0.5, 0.6) is 0 Å². The van der Waals surface area contributed by atoms with E-state index in [1.54, 1.807) is 23.5 Å². The van der Waals surface area contributed by atoms with Gasteiger partial charge in [-0.2, -0.15) is 0 Å². The fourth-order valence-corrected chi connectivity index (χ4v) is 4.56. The number of hydrogen-bond donors (Lipinski definition) is 1. The largest absolute Gasteiger partial charge is 0.478 e. The molecule has 1 N–H and O–H groups in total. The molecule has 3 aromatic rings. The summed E-state index contributed by atoms with van der Waals surface area (Å²) in [5.41, 5.74) is 2.15. The first-order chi connectivity index (χ1) is 11.6. The maximum absolute atomic E-state index is 11.3. The molecule has 0 amide bonds. The first kappa shape index (κ1) is 15.4. The van der Waals surface area contributed by atoms with E-state index >= 15 is 0 Å². The Kier molecular flexibility index (Phi) is 3.88. The highest BCUT2D eigenvalue weighted by Crippen LogP contribution is 2.39. The Morgan fingerprint density at radius 3 is 2.92 bits per heavy atom. The van der Waals surface area contributed by atoms with Crippen molar-refractivity contribution in [1.29, 1.82) is 0 Å². The molecule has 24 heavy (non-hydrogen) atoms. The van der Waals surface area contributed by atoms with E-state index in [0.717, 1.165) is 23.3 Å². The van der Waals surface area contributed by atoms with E-state index in [0.29, 0.717) is 17.5 Å². The molecule has 4 nitrogen and oxygen atoms in total. The number of hydrogen-bond acceptors (Lipinski definition) is 3. The molecule has 2 aromatic heterocycles. The number of imidazole rings is 1. The number of carboxylic acid groups (broad SMARTS) is 1. The lowest BCUT2D eigenvalue weighted by Gasteiger charge is -2.21. The summed E-state index contributed by atoms with van der Waals surface area (Å²) in [4.78, 5) is 17.4. The second-order valence-electron chi connectivity index (χ2n) is 6.64. The van der Waals surface area contributed by atoms with Gasteiger partial charge < -0.3 is 9.67 Å². The van der Waals surface area contributed by atoms with Gasteiger partial charge in [-0.05, 0) is 48.4 Å². The van der Waals surface area contributed by atoms with Crippen molar-refractivity contribution in [1.82, 2.24) is 9.55 Å². The van der Waals surface area contributed by atoms with Gasteiger partial charge in [0.05, 0.1) is 16.6 Å². The SMILES string of the molecule is CC1CCCC1n1c(Cc2cccs2)nc2cc(C(=O)O)ccc21. The quantitative estimate of drug-likeness (QED) is 0.746. The van der Waals surface area contributed by atoms with Gasteiger partial charge >= 0.3 is 5.97 Å². The second-order valence-corrected chi connectivity index (χ2v) is 7.67. The van der Waals surface area contributed by atoms with Crippen LogP contribution in [0.4, 0.5) is 0 Å². The van der Waals surface area contributed by atoms with Crippen molar-refractivity contribution in [3.63, 3.8) is 0 Å². The summed E-state index contributed by atoms with van der Waals surface area (Å²) in [6, 6.07) is 9.97. The molecule has 0 aliphatic heterocycles. The summed E-state index contributed by atoms with van der Waals surface area (Å²) >= 11 is 1.74. The van der Waals surface area contributed by atoms with Crippen LogP contribution in [0.15, 0.2) is 35.7 Å². The Morgan fingerprint density at radius 2 is 2.25 bits per heavy atom. The van der Waals surface area contributed by atoms with Crippen LogP contribution in [0.2, 0.25) is 0 Å².